The minimum atomic E-state index is -1.46. The molecule has 0 fully saturated rings. The molecule has 0 radical (unpaired) electrons. The lowest BCUT2D eigenvalue weighted by molar-refractivity contribution is 0.426. The molecule has 0 aliphatic carbocycles. The van der Waals surface area contributed by atoms with Gasteiger partial charge in [0.05, 0.1) is 0 Å². The quantitative estimate of drug-likeness (QED) is 0.657. The highest BCUT2D eigenvalue weighted by atomic mass is 16.4. The second-order valence-electron chi connectivity index (χ2n) is 5.12. The van der Waals surface area contributed by atoms with Gasteiger partial charge in [0, 0.05) is 17.1 Å². The first-order valence-electron chi connectivity index (χ1n) is 7.11. The van der Waals surface area contributed by atoms with Gasteiger partial charge in [-0.3, -0.25) is 0 Å². The van der Waals surface area contributed by atoms with E-state index in [0.29, 0.717) is 5.46 Å². The van der Waals surface area contributed by atoms with Crippen molar-refractivity contribution in [1.29, 1.82) is 0 Å². The number of benzene rings is 1. The van der Waals surface area contributed by atoms with Gasteiger partial charge in [-0.2, -0.15) is 0 Å². The number of rotatable bonds is 5. The van der Waals surface area contributed by atoms with Crippen LogP contribution in [0.4, 0.5) is 0 Å². The maximum atomic E-state index is 9.22. The maximum Gasteiger partial charge on any atom is 0.488 e. The Kier molecular flexibility index (Phi) is 4.86. The molecule has 0 aliphatic heterocycles. The van der Waals surface area contributed by atoms with E-state index in [0.717, 1.165) is 17.1 Å². The number of allylic oxidation sites excluding steroid dienone is 2. The van der Waals surface area contributed by atoms with E-state index in [9.17, 15) is 10.0 Å². The summed E-state index contributed by atoms with van der Waals surface area (Å²) in [5.74, 6) is 0. The molecule has 3 nitrogen and oxygen atoms in total. The lowest BCUT2D eigenvalue weighted by Crippen LogP contribution is -2.29. The summed E-state index contributed by atoms with van der Waals surface area (Å²) < 4.78 is 2.10. The van der Waals surface area contributed by atoms with Gasteiger partial charge in [-0.25, -0.2) is 0 Å². The first-order chi connectivity index (χ1) is 10.5. The lowest BCUT2D eigenvalue weighted by Gasteiger charge is -2.11. The highest BCUT2D eigenvalue weighted by Gasteiger charge is 2.16. The Balaban J connectivity index is 2.66. The van der Waals surface area contributed by atoms with Crippen LogP contribution in [-0.4, -0.2) is 21.7 Å². The third-order valence-corrected chi connectivity index (χ3v) is 3.85. The molecular weight excluding hydrogens is 273 g/mol. The summed E-state index contributed by atoms with van der Waals surface area (Å²) in [5, 5.41) is 18.4. The van der Waals surface area contributed by atoms with Crippen molar-refractivity contribution in [2.75, 3.05) is 0 Å². The molecule has 0 saturated heterocycles. The summed E-state index contributed by atoms with van der Waals surface area (Å²) >= 11 is 0. The predicted molar refractivity (Wildman–Crippen MR) is 94.4 cm³/mol. The zero-order chi connectivity index (χ0) is 16.3. The molecule has 2 aromatic rings. The van der Waals surface area contributed by atoms with Crippen molar-refractivity contribution < 1.29 is 10.0 Å². The van der Waals surface area contributed by atoms with Crippen molar-refractivity contribution in [2.45, 2.75) is 13.8 Å². The van der Waals surface area contributed by atoms with Gasteiger partial charge in [0.15, 0.2) is 0 Å². The Labute approximate surface area is 131 Å². The molecule has 112 valence electrons. The Bertz CT molecular complexity index is 725. The molecule has 1 aromatic carbocycles. The Morgan fingerprint density at radius 2 is 1.59 bits per heavy atom. The van der Waals surface area contributed by atoms with Crippen LogP contribution in [0.5, 0.6) is 0 Å². The van der Waals surface area contributed by atoms with Crippen LogP contribution in [0.15, 0.2) is 49.6 Å². The van der Waals surface area contributed by atoms with E-state index >= 15 is 0 Å². The Morgan fingerprint density at radius 3 is 2.09 bits per heavy atom. The summed E-state index contributed by atoms with van der Waals surface area (Å²) in [4.78, 5) is 0. The topological polar surface area (TPSA) is 45.4 Å². The lowest BCUT2D eigenvalue weighted by atomic mass is 9.80. The fraction of sp³-hybridized carbons (Fsp3) is 0.111. The fourth-order valence-corrected chi connectivity index (χ4v) is 2.53. The zero-order valence-corrected chi connectivity index (χ0v) is 13.0. The van der Waals surface area contributed by atoms with Crippen LogP contribution in [-0.2, 0) is 0 Å². The van der Waals surface area contributed by atoms with Crippen LogP contribution in [0.1, 0.15) is 22.5 Å². The van der Waals surface area contributed by atoms with Gasteiger partial charge in [-0.05, 0) is 54.7 Å². The molecule has 4 heteroatoms. The normalized spacial score (nSPS) is 10.9. The average Bonchev–Trinajstić information content (AvgIpc) is 2.76. The second kappa shape index (κ2) is 6.64. The highest BCUT2D eigenvalue weighted by Crippen LogP contribution is 2.27. The van der Waals surface area contributed by atoms with Crippen LogP contribution in [0.3, 0.4) is 0 Å². The van der Waals surface area contributed by atoms with Crippen molar-refractivity contribution >= 4 is 24.7 Å². The Hall–Kier alpha value is -2.30. The second-order valence-corrected chi connectivity index (χ2v) is 5.12. The summed E-state index contributed by atoms with van der Waals surface area (Å²) in [6.07, 6.45) is 7.49. The standard InChI is InChI=1S/C18H20BNO2/c1-5-7-8-18-14(4)13(3)17(6-2)20(18)16-11-9-15(10-12-16)19(21)22/h5-12,21-22H,1-2H2,3-4H3/b8-7-. The predicted octanol–water partition coefficient (Wildman–Crippen LogP) is 2.62. The molecule has 1 aromatic heterocycles. The largest absolute Gasteiger partial charge is 0.488 e. The van der Waals surface area contributed by atoms with Crippen LogP contribution in [0.2, 0.25) is 0 Å². The van der Waals surface area contributed by atoms with Gasteiger partial charge in [0.25, 0.3) is 0 Å². The molecule has 22 heavy (non-hydrogen) atoms. The van der Waals surface area contributed by atoms with E-state index < -0.39 is 7.12 Å². The van der Waals surface area contributed by atoms with Crippen molar-refractivity contribution in [3.05, 3.63) is 72.1 Å². The minimum Gasteiger partial charge on any atom is -0.423 e. The van der Waals surface area contributed by atoms with E-state index in [2.05, 4.69) is 31.6 Å². The molecular formula is C18H20BNO2. The average molecular weight is 293 g/mol. The summed E-state index contributed by atoms with van der Waals surface area (Å²) in [6.45, 7) is 11.8. The van der Waals surface area contributed by atoms with Gasteiger partial charge in [-0.15, -0.1) is 0 Å². The van der Waals surface area contributed by atoms with Crippen LogP contribution >= 0.6 is 0 Å². The van der Waals surface area contributed by atoms with Crippen molar-refractivity contribution in [2.24, 2.45) is 0 Å². The van der Waals surface area contributed by atoms with E-state index in [1.54, 1.807) is 18.2 Å². The van der Waals surface area contributed by atoms with Crippen LogP contribution < -0.4 is 5.46 Å². The van der Waals surface area contributed by atoms with Gasteiger partial charge < -0.3 is 14.6 Å². The number of hydrogen-bond acceptors (Lipinski definition) is 2. The minimum absolute atomic E-state index is 0.465. The van der Waals surface area contributed by atoms with Gasteiger partial charge >= 0.3 is 7.12 Å². The van der Waals surface area contributed by atoms with Crippen molar-refractivity contribution in [1.82, 2.24) is 4.57 Å². The molecule has 0 amide bonds. The van der Waals surface area contributed by atoms with Gasteiger partial charge in [-0.1, -0.05) is 37.4 Å². The molecule has 0 spiro atoms. The van der Waals surface area contributed by atoms with Crippen molar-refractivity contribution in [3.8, 4) is 5.69 Å². The van der Waals surface area contributed by atoms with E-state index in [1.165, 1.54) is 11.1 Å². The van der Waals surface area contributed by atoms with E-state index in [1.807, 2.05) is 30.4 Å². The number of nitrogens with zero attached hydrogens (tertiary/aromatic N) is 1. The third-order valence-electron chi connectivity index (χ3n) is 3.85. The molecule has 0 aliphatic rings. The van der Waals surface area contributed by atoms with Gasteiger partial charge in [0.1, 0.15) is 0 Å². The van der Waals surface area contributed by atoms with Crippen LogP contribution in [0.25, 0.3) is 17.8 Å². The third kappa shape index (κ3) is 2.84. The molecule has 0 atom stereocenters. The first-order valence-corrected chi connectivity index (χ1v) is 7.11. The first kappa shape index (κ1) is 16.1. The number of hydrogen-bond donors (Lipinski definition) is 2. The fourth-order valence-electron chi connectivity index (χ4n) is 2.53. The summed E-state index contributed by atoms with van der Waals surface area (Å²) in [5.41, 5.74) is 5.85. The molecule has 0 saturated carbocycles. The zero-order valence-electron chi connectivity index (χ0n) is 13.0. The van der Waals surface area contributed by atoms with Crippen molar-refractivity contribution in [3.63, 3.8) is 0 Å². The maximum absolute atomic E-state index is 9.22. The van der Waals surface area contributed by atoms with Crippen LogP contribution in [0, 0.1) is 13.8 Å². The summed E-state index contributed by atoms with van der Waals surface area (Å²) in [7, 11) is -1.46. The smallest absolute Gasteiger partial charge is 0.423 e. The molecule has 0 bridgehead atoms. The van der Waals surface area contributed by atoms with E-state index in [-0.39, 0.29) is 0 Å². The molecule has 1 heterocycles. The van der Waals surface area contributed by atoms with Gasteiger partial charge in [0.2, 0.25) is 0 Å². The SMILES string of the molecule is C=C/C=C\c1c(C)c(C)c(C=C)n1-c1ccc(B(O)O)cc1. The Morgan fingerprint density at radius 1 is 1.00 bits per heavy atom. The van der Waals surface area contributed by atoms with E-state index in [4.69, 9.17) is 0 Å². The highest BCUT2D eigenvalue weighted by molar-refractivity contribution is 6.58. The monoisotopic (exact) mass is 293 g/mol. The number of aromatic nitrogens is 1. The summed E-state index contributed by atoms with van der Waals surface area (Å²) in [6, 6.07) is 7.15. The molecule has 0 unspecified atom stereocenters. The molecule has 2 N–H and O–H groups in total. The molecule has 2 rings (SSSR count).